The maximum Gasteiger partial charge on any atom is 0.263 e. The fourth-order valence-corrected chi connectivity index (χ4v) is 4.50. The van der Waals surface area contributed by atoms with Crippen LogP contribution in [-0.4, -0.2) is 38.2 Å². The van der Waals surface area contributed by atoms with Gasteiger partial charge in [0.1, 0.15) is 11.7 Å². The summed E-state index contributed by atoms with van der Waals surface area (Å²) in [5, 5.41) is 0. The highest BCUT2D eigenvalue weighted by Gasteiger charge is 2.30. The zero-order chi connectivity index (χ0) is 20.3. The van der Waals surface area contributed by atoms with Gasteiger partial charge in [0.15, 0.2) is 0 Å². The number of carbonyl (C=O) groups excluding carboxylic acids is 1. The predicted octanol–water partition coefficient (Wildman–Crippen LogP) is 2.86. The molecule has 0 saturated heterocycles. The molecule has 1 amide bonds. The lowest BCUT2D eigenvalue weighted by Gasteiger charge is -2.28. The summed E-state index contributed by atoms with van der Waals surface area (Å²) >= 11 is 0. The molecule has 1 heterocycles. The summed E-state index contributed by atoms with van der Waals surface area (Å²) < 4.78 is 39.7. The van der Waals surface area contributed by atoms with E-state index in [1.807, 2.05) is 13.8 Å². The summed E-state index contributed by atoms with van der Waals surface area (Å²) in [6, 6.07) is 12.5. The van der Waals surface area contributed by atoms with Gasteiger partial charge in [-0.1, -0.05) is 24.3 Å². The van der Waals surface area contributed by atoms with E-state index in [2.05, 4.69) is 9.71 Å². The lowest BCUT2D eigenvalue weighted by atomic mass is 10.1. The van der Waals surface area contributed by atoms with Gasteiger partial charge in [0, 0.05) is 18.5 Å². The highest BCUT2D eigenvalue weighted by molar-refractivity contribution is 7.90. The molecule has 148 valence electrons. The molecule has 0 aliphatic carbocycles. The van der Waals surface area contributed by atoms with Crippen LogP contribution in [0.3, 0.4) is 0 Å². The molecule has 1 atom stereocenters. The molecule has 8 heteroatoms. The van der Waals surface area contributed by atoms with Crippen molar-refractivity contribution in [2.75, 3.05) is 13.1 Å². The number of amides is 1. The van der Waals surface area contributed by atoms with Crippen molar-refractivity contribution in [3.63, 3.8) is 0 Å². The van der Waals surface area contributed by atoms with Gasteiger partial charge in [-0.25, -0.2) is 12.8 Å². The first-order valence-electron chi connectivity index (χ1n) is 9.05. The summed E-state index contributed by atoms with van der Waals surface area (Å²) in [5.74, 6) is -0.156. The fourth-order valence-electron chi connectivity index (χ4n) is 3.25. The van der Waals surface area contributed by atoms with Crippen molar-refractivity contribution >= 4 is 21.8 Å². The van der Waals surface area contributed by atoms with E-state index in [0.29, 0.717) is 12.1 Å². The van der Waals surface area contributed by atoms with E-state index in [4.69, 9.17) is 0 Å². The number of nitrogens with zero attached hydrogens (tertiary/aromatic N) is 2. The second kappa shape index (κ2) is 8.10. The molecule has 1 aliphatic rings. The summed E-state index contributed by atoms with van der Waals surface area (Å²) in [6.45, 7) is 4.44. The molecule has 0 bridgehead atoms. The average Bonchev–Trinajstić information content (AvgIpc) is 2.93. The lowest BCUT2D eigenvalue weighted by molar-refractivity contribution is -0.132. The fraction of sp³-hybridized carbons (Fsp3) is 0.300. The van der Waals surface area contributed by atoms with Crippen LogP contribution in [0.25, 0.3) is 0 Å². The first kappa shape index (κ1) is 20.0. The summed E-state index contributed by atoms with van der Waals surface area (Å²) in [7, 11) is -3.59. The van der Waals surface area contributed by atoms with Crippen LogP contribution in [-0.2, 0) is 14.8 Å². The monoisotopic (exact) mass is 403 g/mol. The molecule has 0 radical (unpaired) electrons. The molecule has 0 saturated carbocycles. The quantitative estimate of drug-likeness (QED) is 0.806. The Hall–Kier alpha value is -2.74. The van der Waals surface area contributed by atoms with E-state index >= 15 is 0 Å². The van der Waals surface area contributed by atoms with Gasteiger partial charge in [-0.3, -0.25) is 14.5 Å². The third kappa shape index (κ3) is 4.06. The maximum absolute atomic E-state index is 13.1. The number of sulfonamides is 1. The van der Waals surface area contributed by atoms with Crippen LogP contribution in [0, 0.1) is 5.82 Å². The number of benzene rings is 2. The van der Waals surface area contributed by atoms with Crippen molar-refractivity contribution in [1.82, 2.24) is 9.62 Å². The van der Waals surface area contributed by atoms with Crippen LogP contribution in [0.4, 0.5) is 4.39 Å². The molecular formula is C20H22FN3O3S. The van der Waals surface area contributed by atoms with E-state index in [1.165, 1.54) is 18.2 Å². The summed E-state index contributed by atoms with van der Waals surface area (Å²) in [6.07, 6.45) is 0.146. The van der Waals surface area contributed by atoms with E-state index in [-0.39, 0.29) is 41.5 Å². The Bertz CT molecular complexity index is 1000. The average molecular weight is 403 g/mol. The van der Waals surface area contributed by atoms with E-state index in [1.54, 1.807) is 35.2 Å². The van der Waals surface area contributed by atoms with Crippen molar-refractivity contribution in [3.8, 4) is 0 Å². The minimum absolute atomic E-state index is 0.0992. The van der Waals surface area contributed by atoms with Gasteiger partial charge >= 0.3 is 0 Å². The normalized spacial score (nSPS) is 17.0. The first-order valence-corrected chi connectivity index (χ1v) is 10.5. The highest BCUT2D eigenvalue weighted by Crippen LogP contribution is 2.23. The number of rotatable bonds is 6. The van der Waals surface area contributed by atoms with Gasteiger partial charge < -0.3 is 4.90 Å². The topological polar surface area (TPSA) is 78.8 Å². The van der Waals surface area contributed by atoms with Crippen molar-refractivity contribution in [2.24, 2.45) is 4.99 Å². The van der Waals surface area contributed by atoms with Gasteiger partial charge in [0.05, 0.1) is 17.5 Å². The maximum atomic E-state index is 13.1. The van der Waals surface area contributed by atoms with E-state index in [0.717, 1.165) is 5.56 Å². The molecule has 6 nitrogen and oxygen atoms in total. The molecule has 2 aromatic carbocycles. The Morgan fingerprint density at radius 2 is 1.86 bits per heavy atom. The molecule has 1 unspecified atom stereocenters. The van der Waals surface area contributed by atoms with Crippen molar-refractivity contribution in [3.05, 3.63) is 65.5 Å². The largest absolute Gasteiger partial charge is 0.336 e. The number of hydrogen-bond acceptors (Lipinski definition) is 4. The molecule has 0 fully saturated rings. The zero-order valence-corrected chi connectivity index (χ0v) is 16.5. The lowest BCUT2D eigenvalue weighted by Crippen LogP contribution is -2.34. The standard InChI is InChI=1S/C20H22FN3O3S/c1-3-24(14(2)15-8-10-16(21)11-9-15)19(25)12-13-22-20-17-6-4-5-7-18(17)28(26,27)23-20/h4-11,14H,3,12-13H2,1-2H3,(H,22,23). The van der Waals surface area contributed by atoms with E-state index < -0.39 is 10.0 Å². The highest BCUT2D eigenvalue weighted by atomic mass is 32.2. The van der Waals surface area contributed by atoms with Crippen molar-refractivity contribution in [1.29, 1.82) is 0 Å². The van der Waals surface area contributed by atoms with Crippen LogP contribution in [0.5, 0.6) is 0 Å². The number of aliphatic imine (C=N–C) groups is 1. The van der Waals surface area contributed by atoms with Gasteiger partial charge in [0.25, 0.3) is 10.0 Å². The SMILES string of the molecule is CCN(C(=O)CCN=C1NS(=O)(=O)c2ccccc21)C(C)c1ccc(F)cc1. The Balaban J connectivity index is 1.68. The van der Waals surface area contributed by atoms with Crippen molar-refractivity contribution < 1.29 is 17.6 Å². The number of halogens is 1. The van der Waals surface area contributed by atoms with Gasteiger partial charge in [-0.2, -0.15) is 0 Å². The van der Waals surface area contributed by atoms with Crippen LogP contribution >= 0.6 is 0 Å². The van der Waals surface area contributed by atoms with Gasteiger partial charge in [0.2, 0.25) is 5.91 Å². The Kier molecular flexibility index (Phi) is 5.79. The minimum Gasteiger partial charge on any atom is -0.336 e. The smallest absolute Gasteiger partial charge is 0.263 e. The van der Waals surface area contributed by atoms with Gasteiger partial charge in [-0.15, -0.1) is 0 Å². The molecule has 0 spiro atoms. The Morgan fingerprint density at radius 1 is 1.18 bits per heavy atom. The summed E-state index contributed by atoms with van der Waals surface area (Å²) in [4.78, 5) is 18.8. The second-order valence-corrected chi connectivity index (χ2v) is 8.14. The molecular weight excluding hydrogens is 381 g/mol. The summed E-state index contributed by atoms with van der Waals surface area (Å²) in [5.41, 5.74) is 1.36. The zero-order valence-electron chi connectivity index (χ0n) is 15.7. The Morgan fingerprint density at radius 3 is 2.54 bits per heavy atom. The predicted molar refractivity (Wildman–Crippen MR) is 105 cm³/mol. The van der Waals surface area contributed by atoms with Crippen LogP contribution < -0.4 is 4.72 Å². The van der Waals surface area contributed by atoms with Gasteiger partial charge in [-0.05, 0) is 43.7 Å². The van der Waals surface area contributed by atoms with Crippen LogP contribution in [0.1, 0.15) is 37.4 Å². The Labute approximate surface area is 164 Å². The minimum atomic E-state index is -3.59. The third-order valence-electron chi connectivity index (χ3n) is 4.74. The first-order chi connectivity index (χ1) is 13.3. The third-order valence-corrected chi connectivity index (χ3v) is 6.14. The molecule has 0 aromatic heterocycles. The number of hydrogen-bond donors (Lipinski definition) is 1. The number of nitrogens with one attached hydrogen (secondary N) is 1. The molecule has 1 N–H and O–H groups in total. The molecule has 28 heavy (non-hydrogen) atoms. The van der Waals surface area contributed by atoms with Crippen LogP contribution in [0.15, 0.2) is 58.4 Å². The number of carbonyl (C=O) groups is 1. The number of amidine groups is 1. The van der Waals surface area contributed by atoms with E-state index in [9.17, 15) is 17.6 Å². The molecule has 1 aliphatic heterocycles. The number of fused-ring (bicyclic) bond motifs is 1. The molecule has 2 aromatic rings. The molecule has 3 rings (SSSR count). The van der Waals surface area contributed by atoms with Crippen molar-refractivity contribution in [2.45, 2.75) is 31.2 Å². The second-order valence-electron chi connectivity index (χ2n) is 6.49. The van der Waals surface area contributed by atoms with Crippen LogP contribution in [0.2, 0.25) is 0 Å².